The molecular weight excluding hydrogens is 183 g/mol. The lowest BCUT2D eigenvalue weighted by Gasteiger charge is -2.17. The van der Waals surface area contributed by atoms with E-state index in [1.54, 1.807) is 0 Å². The number of Topliss-reactive ketones (excluding diaryl/α,β-unsaturated/α-hetero) is 1. The molecule has 0 saturated heterocycles. The number of carbonyl (C=O) groups excluding carboxylic acids is 1. The summed E-state index contributed by atoms with van der Waals surface area (Å²) in [7, 11) is 0. The molecule has 0 bridgehead atoms. The molecule has 0 aromatic heterocycles. The molecule has 2 N–H and O–H groups in total. The predicted molar refractivity (Wildman–Crippen MR) is 40.7 cm³/mol. The molecular formula is C8H10F3NO. The second-order valence-electron chi connectivity index (χ2n) is 3.02. The first kappa shape index (κ1) is 10.1. The van der Waals surface area contributed by atoms with Gasteiger partial charge in [-0.05, 0) is 19.3 Å². The Bertz CT molecular complexity index is 255. The van der Waals surface area contributed by atoms with Gasteiger partial charge in [-0.15, -0.1) is 0 Å². The summed E-state index contributed by atoms with van der Waals surface area (Å²) >= 11 is 0. The maximum atomic E-state index is 12.1. The van der Waals surface area contributed by atoms with Crippen LogP contribution in [-0.2, 0) is 4.79 Å². The number of alkyl halides is 3. The first-order chi connectivity index (χ1) is 5.93. The Labute approximate surface area is 73.6 Å². The highest BCUT2D eigenvalue weighted by Gasteiger charge is 2.36. The number of rotatable bonds is 0. The minimum Gasteiger partial charge on any atom is -0.394 e. The smallest absolute Gasteiger partial charge is 0.394 e. The molecule has 0 amide bonds. The Kier molecular flexibility index (Phi) is 2.63. The topological polar surface area (TPSA) is 43.1 Å². The lowest BCUT2D eigenvalue weighted by atomic mass is 9.92. The Balaban J connectivity index is 2.94. The van der Waals surface area contributed by atoms with Crippen LogP contribution in [0.1, 0.15) is 25.7 Å². The predicted octanol–water partition coefficient (Wildman–Crippen LogP) is 1.90. The minimum absolute atomic E-state index is 0.157. The second kappa shape index (κ2) is 3.40. The molecule has 1 saturated carbocycles. The van der Waals surface area contributed by atoms with Crippen LogP contribution in [0.3, 0.4) is 0 Å². The molecule has 1 aliphatic rings. The van der Waals surface area contributed by atoms with Crippen molar-refractivity contribution in [3.05, 3.63) is 11.3 Å². The van der Waals surface area contributed by atoms with Gasteiger partial charge in [0.1, 0.15) is 5.70 Å². The SMILES string of the molecule is N/C(=C1\CCCCC1=O)C(F)(F)F. The number of hydrogen-bond acceptors (Lipinski definition) is 2. The fraction of sp³-hybridized carbons (Fsp3) is 0.625. The summed E-state index contributed by atoms with van der Waals surface area (Å²) in [4.78, 5) is 11.0. The van der Waals surface area contributed by atoms with Gasteiger partial charge in [0.2, 0.25) is 0 Å². The van der Waals surface area contributed by atoms with Gasteiger partial charge >= 0.3 is 6.18 Å². The van der Waals surface area contributed by atoms with Crippen molar-refractivity contribution >= 4 is 5.78 Å². The van der Waals surface area contributed by atoms with Gasteiger partial charge in [-0.1, -0.05) is 0 Å². The highest BCUT2D eigenvalue weighted by Crippen LogP contribution is 2.29. The molecule has 5 heteroatoms. The largest absolute Gasteiger partial charge is 0.431 e. The van der Waals surface area contributed by atoms with Gasteiger partial charge in [-0.3, -0.25) is 4.79 Å². The van der Waals surface area contributed by atoms with E-state index in [-0.39, 0.29) is 18.4 Å². The summed E-state index contributed by atoms with van der Waals surface area (Å²) in [6, 6.07) is 0. The van der Waals surface area contributed by atoms with Crippen molar-refractivity contribution in [2.45, 2.75) is 31.9 Å². The standard InChI is InChI=1S/C8H10F3NO/c9-8(10,11)7(12)5-3-1-2-4-6(5)13/h1-4,12H2/b7-5+. The summed E-state index contributed by atoms with van der Waals surface area (Å²) in [6.45, 7) is 0. The Morgan fingerprint density at radius 3 is 2.23 bits per heavy atom. The van der Waals surface area contributed by atoms with E-state index >= 15 is 0 Å². The maximum Gasteiger partial charge on any atom is 0.431 e. The highest BCUT2D eigenvalue weighted by atomic mass is 19.4. The fourth-order valence-corrected chi connectivity index (χ4v) is 1.33. The third-order valence-corrected chi connectivity index (χ3v) is 2.05. The molecule has 0 heterocycles. The summed E-state index contributed by atoms with van der Waals surface area (Å²) in [5.41, 5.74) is 3.40. The normalized spacial score (nSPS) is 23.2. The molecule has 0 aromatic rings. The van der Waals surface area contributed by atoms with Gasteiger partial charge in [-0.25, -0.2) is 0 Å². The first-order valence-corrected chi connectivity index (χ1v) is 4.02. The van der Waals surface area contributed by atoms with E-state index in [2.05, 4.69) is 0 Å². The lowest BCUT2D eigenvalue weighted by Crippen LogP contribution is -2.25. The zero-order chi connectivity index (χ0) is 10.1. The molecule has 0 spiro atoms. The number of halogens is 3. The zero-order valence-corrected chi connectivity index (χ0v) is 6.95. The average Bonchev–Trinajstić information content (AvgIpc) is 2.02. The molecule has 1 fully saturated rings. The molecule has 0 aromatic carbocycles. The molecule has 0 aliphatic heterocycles. The molecule has 2 nitrogen and oxygen atoms in total. The third-order valence-electron chi connectivity index (χ3n) is 2.05. The van der Waals surface area contributed by atoms with Crippen molar-refractivity contribution in [2.75, 3.05) is 0 Å². The van der Waals surface area contributed by atoms with Gasteiger partial charge in [0.05, 0.1) is 0 Å². The van der Waals surface area contributed by atoms with Gasteiger partial charge in [-0.2, -0.15) is 13.2 Å². The molecule has 1 rings (SSSR count). The van der Waals surface area contributed by atoms with E-state index in [0.717, 1.165) is 0 Å². The Morgan fingerprint density at radius 2 is 1.77 bits per heavy atom. The molecule has 13 heavy (non-hydrogen) atoms. The summed E-state index contributed by atoms with van der Waals surface area (Å²) in [5, 5.41) is 0. The van der Waals surface area contributed by atoms with Crippen LogP contribution in [0.4, 0.5) is 13.2 Å². The zero-order valence-electron chi connectivity index (χ0n) is 6.95. The van der Waals surface area contributed by atoms with Crippen LogP contribution in [0.25, 0.3) is 0 Å². The first-order valence-electron chi connectivity index (χ1n) is 4.02. The fourth-order valence-electron chi connectivity index (χ4n) is 1.33. The lowest BCUT2D eigenvalue weighted by molar-refractivity contribution is -0.118. The van der Waals surface area contributed by atoms with Crippen molar-refractivity contribution < 1.29 is 18.0 Å². The van der Waals surface area contributed by atoms with Crippen LogP contribution in [0.5, 0.6) is 0 Å². The quantitative estimate of drug-likeness (QED) is 0.597. The van der Waals surface area contributed by atoms with E-state index in [1.165, 1.54) is 0 Å². The van der Waals surface area contributed by atoms with E-state index < -0.39 is 17.7 Å². The van der Waals surface area contributed by atoms with E-state index in [4.69, 9.17) is 5.73 Å². The summed E-state index contributed by atoms with van der Waals surface area (Å²) < 4.78 is 36.2. The monoisotopic (exact) mass is 193 g/mol. The van der Waals surface area contributed by atoms with Crippen molar-refractivity contribution in [1.82, 2.24) is 0 Å². The number of carbonyl (C=O) groups is 1. The van der Waals surface area contributed by atoms with Crippen molar-refractivity contribution in [3.63, 3.8) is 0 Å². The average molecular weight is 193 g/mol. The second-order valence-corrected chi connectivity index (χ2v) is 3.02. The van der Waals surface area contributed by atoms with Crippen LogP contribution in [0.2, 0.25) is 0 Å². The maximum absolute atomic E-state index is 12.1. The minimum atomic E-state index is -4.57. The van der Waals surface area contributed by atoms with Gasteiger partial charge in [0.15, 0.2) is 5.78 Å². The van der Waals surface area contributed by atoms with Gasteiger partial charge < -0.3 is 5.73 Å². The van der Waals surface area contributed by atoms with E-state index in [9.17, 15) is 18.0 Å². The van der Waals surface area contributed by atoms with E-state index in [0.29, 0.717) is 12.8 Å². The van der Waals surface area contributed by atoms with Crippen LogP contribution in [-0.4, -0.2) is 12.0 Å². The van der Waals surface area contributed by atoms with Crippen molar-refractivity contribution in [1.29, 1.82) is 0 Å². The van der Waals surface area contributed by atoms with Crippen LogP contribution < -0.4 is 5.73 Å². The molecule has 0 unspecified atom stereocenters. The van der Waals surface area contributed by atoms with Crippen LogP contribution in [0, 0.1) is 0 Å². The highest BCUT2D eigenvalue weighted by molar-refractivity contribution is 5.96. The summed E-state index contributed by atoms with van der Waals surface area (Å²) in [5.74, 6) is -0.457. The molecule has 0 atom stereocenters. The van der Waals surface area contributed by atoms with Gasteiger partial charge in [0.25, 0.3) is 0 Å². The number of nitrogens with two attached hydrogens (primary N) is 1. The number of ketones is 1. The third kappa shape index (κ3) is 2.23. The molecule has 1 aliphatic carbocycles. The van der Waals surface area contributed by atoms with Gasteiger partial charge in [0, 0.05) is 12.0 Å². The number of allylic oxidation sites excluding steroid dienone is 2. The number of hydrogen-bond donors (Lipinski definition) is 1. The Hall–Kier alpha value is -1.00. The Morgan fingerprint density at radius 1 is 1.23 bits per heavy atom. The molecule has 0 radical (unpaired) electrons. The molecule has 74 valence electrons. The summed E-state index contributed by atoms with van der Waals surface area (Å²) in [6.07, 6.45) is -2.95. The van der Waals surface area contributed by atoms with Crippen LogP contribution >= 0.6 is 0 Å². The van der Waals surface area contributed by atoms with Crippen LogP contribution in [0.15, 0.2) is 11.3 Å². The van der Waals surface area contributed by atoms with Crippen molar-refractivity contribution in [3.8, 4) is 0 Å². The van der Waals surface area contributed by atoms with E-state index in [1.807, 2.05) is 0 Å². The van der Waals surface area contributed by atoms with Crippen molar-refractivity contribution in [2.24, 2.45) is 5.73 Å².